The van der Waals surface area contributed by atoms with Crippen molar-refractivity contribution in [2.24, 2.45) is 0 Å². The normalized spacial score (nSPS) is 21.8. The molecular weight excluding hydrogens is 176 g/mol. The Morgan fingerprint density at radius 1 is 1.46 bits per heavy atom. The molecule has 1 atom stereocenters. The monoisotopic (exact) mass is 188 g/mol. The SMILES string of the molecule is COC1=C(OC)C(CCO)OC1=O. The standard InChI is InChI=1S/C8H12O5/c1-11-6-5(3-4-9)13-8(10)7(6)12-2/h5,9H,3-4H2,1-2H3. The van der Waals surface area contributed by atoms with Gasteiger partial charge in [-0.1, -0.05) is 0 Å². The fraction of sp³-hybridized carbons (Fsp3) is 0.625. The number of ether oxygens (including phenoxy) is 3. The Morgan fingerprint density at radius 2 is 2.15 bits per heavy atom. The van der Waals surface area contributed by atoms with E-state index in [0.29, 0.717) is 12.2 Å². The lowest BCUT2D eigenvalue weighted by Crippen LogP contribution is -2.14. The van der Waals surface area contributed by atoms with Crippen LogP contribution >= 0.6 is 0 Å². The van der Waals surface area contributed by atoms with Crippen LogP contribution in [0.1, 0.15) is 6.42 Å². The van der Waals surface area contributed by atoms with Crippen LogP contribution in [0.25, 0.3) is 0 Å². The van der Waals surface area contributed by atoms with Crippen molar-refractivity contribution in [3.05, 3.63) is 11.5 Å². The molecule has 5 heteroatoms. The molecule has 74 valence electrons. The van der Waals surface area contributed by atoms with Crippen molar-refractivity contribution in [3.63, 3.8) is 0 Å². The van der Waals surface area contributed by atoms with Gasteiger partial charge < -0.3 is 19.3 Å². The number of aliphatic hydroxyl groups is 1. The van der Waals surface area contributed by atoms with Crippen molar-refractivity contribution in [3.8, 4) is 0 Å². The summed E-state index contributed by atoms with van der Waals surface area (Å²) in [5, 5.41) is 8.67. The van der Waals surface area contributed by atoms with Gasteiger partial charge >= 0.3 is 5.97 Å². The van der Waals surface area contributed by atoms with Crippen molar-refractivity contribution in [1.29, 1.82) is 0 Å². The summed E-state index contributed by atoms with van der Waals surface area (Å²) in [6.45, 7) is -0.0677. The maximum absolute atomic E-state index is 11.1. The Kier molecular flexibility index (Phi) is 3.13. The molecule has 5 nitrogen and oxygen atoms in total. The van der Waals surface area contributed by atoms with E-state index in [4.69, 9.17) is 19.3 Å². The number of hydrogen-bond acceptors (Lipinski definition) is 5. The van der Waals surface area contributed by atoms with Crippen molar-refractivity contribution in [1.82, 2.24) is 0 Å². The van der Waals surface area contributed by atoms with Crippen LogP contribution < -0.4 is 0 Å². The van der Waals surface area contributed by atoms with Crippen LogP contribution in [0.4, 0.5) is 0 Å². The third kappa shape index (κ3) is 1.75. The molecule has 0 saturated heterocycles. The van der Waals surface area contributed by atoms with Gasteiger partial charge in [-0.15, -0.1) is 0 Å². The lowest BCUT2D eigenvalue weighted by molar-refractivity contribution is -0.143. The summed E-state index contributed by atoms with van der Waals surface area (Å²) in [7, 11) is 2.80. The van der Waals surface area contributed by atoms with E-state index >= 15 is 0 Å². The van der Waals surface area contributed by atoms with E-state index < -0.39 is 12.1 Å². The lowest BCUT2D eigenvalue weighted by Gasteiger charge is -2.09. The lowest BCUT2D eigenvalue weighted by atomic mass is 10.2. The molecule has 13 heavy (non-hydrogen) atoms. The van der Waals surface area contributed by atoms with Gasteiger partial charge in [-0.25, -0.2) is 4.79 Å². The summed E-state index contributed by atoms with van der Waals surface area (Å²) in [6, 6.07) is 0. The van der Waals surface area contributed by atoms with Crippen LogP contribution in [0.3, 0.4) is 0 Å². The summed E-state index contributed by atoms with van der Waals surface area (Å²) in [4.78, 5) is 11.1. The number of carbonyl (C=O) groups is 1. The highest BCUT2D eigenvalue weighted by Gasteiger charge is 2.36. The zero-order valence-corrected chi connectivity index (χ0v) is 7.57. The van der Waals surface area contributed by atoms with Crippen molar-refractivity contribution in [2.75, 3.05) is 20.8 Å². The second kappa shape index (κ2) is 4.13. The van der Waals surface area contributed by atoms with E-state index in [1.807, 2.05) is 0 Å². The van der Waals surface area contributed by atoms with Crippen LogP contribution in [0, 0.1) is 0 Å². The van der Waals surface area contributed by atoms with Gasteiger partial charge in [0.2, 0.25) is 5.76 Å². The van der Waals surface area contributed by atoms with Crippen LogP contribution in [-0.2, 0) is 19.0 Å². The third-order valence-corrected chi connectivity index (χ3v) is 1.77. The topological polar surface area (TPSA) is 65.0 Å². The molecule has 1 unspecified atom stereocenters. The van der Waals surface area contributed by atoms with E-state index in [1.54, 1.807) is 0 Å². The summed E-state index contributed by atoms with van der Waals surface area (Å²) in [6.07, 6.45) is -0.195. The molecule has 0 aromatic carbocycles. The minimum Gasteiger partial charge on any atom is -0.493 e. The maximum Gasteiger partial charge on any atom is 0.378 e. The highest BCUT2D eigenvalue weighted by Crippen LogP contribution is 2.25. The fourth-order valence-electron chi connectivity index (χ4n) is 1.20. The zero-order chi connectivity index (χ0) is 9.84. The molecule has 1 aliphatic rings. The van der Waals surface area contributed by atoms with Crippen molar-refractivity contribution < 1.29 is 24.1 Å². The first-order chi connectivity index (χ1) is 6.24. The molecule has 0 radical (unpaired) electrons. The molecule has 0 bridgehead atoms. The molecular formula is C8H12O5. The van der Waals surface area contributed by atoms with Crippen LogP contribution in [-0.4, -0.2) is 38.0 Å². The van der Waals surface area contributed by atoms with E-state index in [0.717, 1.165) is 0 Å². The summed E-state index contributed by atoms with van der Waals surface area (Å²) in [5.74, 6) is -0.111. The fourth-order valence-corrected chi connectivity index (χ4v) is 1.20. The first-order valence-corrected chi connectivity index (χ1v) is 3.88. The van der Waals surface area contributed by atoms with Gasteiger partial charge in [-0.05, 0) is 0 Å². The average Bonchev–Trinajstić information content (AvgIpc) is 2.41. The minimum atomic E-state index is -0.544. The smallest absolute Gasteiger partial charge is 0.378 e. The Hall–Kier alpha value is -1.23. The highest BCUT2D eigenvalue weighted by atomic mass is 16.6. The number of cyclic esters (lactones) is 1. The molecule has 1 rings (SSSR count). The van der Waals surface area contributed by atoms with Gasteiger partial charge in [0.15, 0.2) is 11.9 Å². The van der Waals surface area contributed by atoms with Gasteiger partial charge in [0.25, 0.3) is 0 Å². The predicted molar refractivity (Wildman–Crippen MR) is 42.6 cm³/mol. The van der Waals surface area contributed by atoms with Crippen LogP contribution in [0.2, 0.25) is 0 Å². The van der Waals surface area contributed by atoms with Crippen molar-refractivity contribution in [2.45, 2.75) is 12.5 Å². The largest absolute Gasteiger partial charge is 0.493 e. The highest BCUT2D eigenvalue weighted by molar-refractivity contribution is 5.89. The number of hydrogen-bond donors (Lipinski definition) is 1. The molecule has 0 spiro atoms. The molecule has 1 aliphatic heterocycles. The molecule has 0 fully saturated rings. The Labute approximate surface area is 75.9 Å². The van der Waals surface area contributed by atoms with Gasteiger partial charge in [0.05, 0.1) is 14.2 Å². The molecule has 0 amide bonds. The number of aliphatic hydroxyl groups excluding tert-OH is 1. The van der Waals surface area contributed by atoms with Gasteiger partial charge in [0, 0.05) is 13.0 Å². The first kappa shape index (κ1) is 9.85. The van der Waals surface area contributed by atoms with E-state index in [2.05, 4.69) is 0 Å². The van der Waals surface area contributed by atoms with Crippen LogP contribution in [0.15, 0.2) is 11.5 Å². The molecule has 0 saturated carbocycles. The molecule has 0 aliphatic carbocycles. The Bertz CT molecular complexity index is 233. The third-order valence-electron chi connectivity index (χ3n) is 1.77. The first-order valence-electron chi connectivity index (χ1n) is 3.88. The predicted octanol–water partition coefficient (Wildman–Crippen LogP) is -0.201. The quantitative estimate of drug-likeness (QED) is 0.619. The van der Waals surface area contributed by atoms with Crippen molar-refractivity contribution >= 4 is 5.97 Å². The van der Waals surface area contributed by atoms with E-state index in [1.165, 1.54) is 14.2 Å². The molecule has 0 aromatic heterocycles. The van der Waals surface area contributed by atoms with Gasteiger partial charge in [-0.3, -0.25) is 0 Å². The molecule has 1 N–H and O–H groups in total. The molecule has 1 heterocycles. The van der Waals surface area contributed by atoms with Crippen LogP contribution in [0.5, 0.6) is 0 Å². The number of esters is 1. The van der Waals surface area contributed by atoms with E-state index in [9.17, 15) is 4.79 Å². The number of carbonyl (C=O) groups excluding carboxylic acids is 1. The average molecular weight is 188 g/mol. The number of rotatable bonds is 4. The second-order valence-electron chi connectivity index (χ2n) is 2.51. The summed E-state index contributed by atoms with van der Waals surface area (Å²) < 4.78 is 14.6. The summed E-state index contributed by atoms with van der Waals surface area (Å²) >= 11 is 0. The van der Waals surface area contributed by atoms with E-state index in [-0.39, 0.29) is 12.4 Å². The summed E-state index contributed by atoms with van der Waals surface area (Å²) in [5.41, 5.74) is 0. The minimum absolute atomic E-state index is 0.0677. The molecule has 0 aromatic rings. The van der Waals surface area contributed by atoms with Gasteiger partial charge in [-0.2, -0.15) is 0 Å². The Balaban J connectivity index is 2.82. The number of methoxy groups -OCH3 is 2. The zero-order valence-electron chi connectivity index (χ0n) is 7.57. The Morgan fingerprint density at radius 3 is 2.62 bits per heavy atom. The van der Waals surface area contributed by atoms with Gasteiger partial charge in [0.1, 0.15) is 0 Å². The second-order valence-corrected chi connectivity index (χ2v) is 2.51. The maximum atomic E-state index is 11.1.